The molecular formula is C9H15IO3. The molecular weight excluding hydrogens is 283 g/mol. The SMILES string of the molecule is CCOC(=O)C1(CI)CCOCC1. The largest absolute Gasteiger partial charge is 0.466 e. The molecule has 1 saturated heterocycles. The van der Waals surface area contributed by atoms with Crippen molar-refractivity contribution < 1.29 is 14.3 Å². The number of halogens is 1. The molecule has 0 bridgehead atoms. The predicted molar refractivity (Wildman–Crippen MR) is 58.0 cm³/mol. The van der Waals surface area contributed by atoms with Crippen LogP contribution in [0.2, 0.25) is 0 Å². The van der Waals surface area contributed by atoms with E-state index in [-0.39, 0.29) is 11.4 Å². The van der Waals surface area contributed by atoms with Gasteiger partial charge in [-0.3, -0.25) is 4.79 Å². The maximum absolute atomic E-state index is 11.7. The first-order chi connectivity index (χ1) is 6.25. The van der Waals surface area contributed by atoms with E-state index in [1.807, 2.05) is 6.92 Å². The first kappa shape index (κ1) is 11.2. The molecule has 76 valence electrons. The van der Waals surface area contributed by atoms with Crippen molar-refractivity contribution in [1.82, 2.24) is 0 Å². The molecule has 1 fully saturated rings. The Balaban J connectivity index is 2.61. The molecule has 0 aromatic carbocycles. The lowest BCUT2D eigenvalue weighted by Crippen LogP contribution is -2.40. The lowest BCUT2D eigenvalue weighted by molar-refractivity contribution is -0.159. The summed E-state index contributed by atoms with van der Waals surface area (Å²) < 4.78 is 11.1. The van der Waals surface area contributed by atoms with E-state index in [0.29, 0.717) is 19.8 Å². The zero-order chi connectivity index (χ0) is 9.73. The Labute approximate surface area is 92.3 Å². The fourth-order valence-corrected chi connectivity index (χ4v) is 2.51. The Morgan fingerprint density at radius 2 is 2.15 bits per heavy atom. The third-order valence-corrected chi connectivity index (χ3v) is 3.87. The van der Waals surface area contributed by atoms with E-state index in [1.54, 1.807) is 0 Å². The van der Waals surface area contributed by atoms with E-state index in [0.717, 1.165) is 17.3 Å². The third kappa shape index (κ3) is 2.56. The Kier molecular flexibility index (Phi) is 4.45. The van der Waals surface area contributed by atoms with Crippen molar-refractivity contribution in [3.63, 3.8) is 0 Å². The molecule has 1 heterocycles. The van der Waals surface area contributed by atoms with Gasteiger partial charge in [-0.15, -0.1) is 0 Å². The van der Waals surface area contributed by atoms with Crippen LogP contribution in [-0.2, 0) is 14.3 Å². The van der Waals surface area contributed by atoms with Crippen molar-refractivity contribution >= 4 is 28.6 Å². The summed E-state index contributed by atoms with van der Waals surface area (Å²) in [6.45, 7) is 3.68. The first-order valence-corrected chi connectivity index (χ1v) is 6.08. The van der Waals surface area contributed by atoms with Gasteiger partial charge in [-0.05, 0) is 19.8 Å². The summed E-state index contributed by atoms with van der Waals surface area (Å²) in [6, 6.07) is 0. The zero-order valence-electron chi connectivity index (χ0n) is 7.85. The van der Waals surface area contributed by atoms with Crippen LogP contribution in [0.1, 0.15) is 19.8 Å². The van der Waals surface area contributed by atoms with Crippen LogP contribution in [0, 0.1) is 5.41 Å². The van der Waals surface area contributed by atoms with Gasteiger partial charge in [0.25, 0.3) is 0 Å². The van der Waals surface area contributed by atoms with E-state index < -0.39 is 0 Å². The van der Waals surface area contributed by atoms with Crippen molar-refractivity contribution in [3.05, 3.63) is 0 Å². The standard InChI is InChI=1S/C9H15IO3/c1-2-13-8(11)9(7-10)3-5-12-6-4-9/h2-7H2,1H3. The van der Waals surface area contributed by atoms with E-state index in [2.05, 4.69) is 22.6 Å². The minimum atomic E-state index is -0.269. The second kappa shape index (κ2) is 5.14. The van der Waals surface area contributed by atoms with Gasteiger partial charge >= 0.3 is 5.97 Å². The van der Waals surface area contributed by atoms with Crippen LogP contribution in [0.3, 0.4) is 0 Å². The van der Waals surface area contributed by atoms with Crippen molar-refractivity contribution in [2.24, 2.45) is 5.41 Å². The molecule has 4 heteroatoms. The molecule has 1 aliphatic heterocycles. The van der Waals surface area contributed by atoms with Gasteiger partial charge in [0, 0.05) is 17.6 Å². The highest BCUT2D eigenvalue weighted by atomic mass is 127. The summed E-state index contributed by atoms with van der Waals surface area (Å²) in [4.78, 5) is 11.7. The fourth-order valence-electron chi connectivity index (χ4n) is 1.44. The van der Waals surface area contributed by atoms with Gasteiger partial charge in [0.1, 0.15) is 0 Å². The number of alkyl halides is 1. The number of carbonyl (C=O) groups excluding carboxylic acids is 1. The summed E-state index contributed by atoms with van der Waals surface area (Å²) in [5.41, 5.74) is -0.269. The van der Waals surface area contributed by atoms with Crippen LogP contribution in [0.4, 0.5) is 0 Å². The first-order valence-electron chi connectivity index (χ1n) is 4.56. The minimum absolute atomic E-state index is 0.0484. The van der Waals surface area contributed by atoms with Crippen molar-refractivity contribution in [2.45, 2.75) is 19.8 Å². The van der Waals surface area contributed by atoms with Crippen LogP contribution in [0.15, 0.2) is 0 Å². The number of esters is 1. The quantitative estimate of drug-likeness (QED) is 0.453. The van der Waals surface area contributed by atoms with Crippen LogP contribution in [-0.4, -0.2) is 30.2 Å². The molecule has 0 unspecified atom stereocenters. The Hall–Kier alpha value is 0.160. The number of rotatable bonds is 3. The number of hydrogen-bond acceptors (Lipinski definition) is 3. The monoisotopic (exact) mass is 298 g/mol. The van der Waals surface area contributed by atoms with Gasteiger partial charge in [-0.2, -0.15) is 0 Å². The lowest BCUT2D eigenvalue weighted by Gasteiger charge is -2.32. The fraction of sp³-hybridized carbons (Fsp3) is 0.889. The predicted octanol–water partition coefficient (Wildman–Crippen LogP) is 1.78. The number of hydrogen-bond donors (Lipinski definition) is 0. The summed E-state index contributed by atoms with van der Waals surface area (Å²) in [5.74, 6) is -0.0484. The summed E-state index contributed by atoms with van der Waals surface area (Å²) in [7, 11) is 0. The number of carbonyl (C=O) groups is 1. The van der Waals surface area contributed by atoms with Gasteiger partial charge in [-0.25, -0.2) is 0 Å². The lowest BCUT2D eigenvalue weighted by atomic mass is 9.82. The van der Waals surface area contributed by atoms with Gasteiger partial charge in [0.2, 0.25) is 0 Å². The van der Waals surface area contributed by atoms with Gasteiger partial charge < -0.3 is 9.47 Å². The van der Waals surface area contributed by atoms with E-state index in [1.165, 1.54) is 0 Å². The number of ether oxygens (including phenoxy) is 2. The maximum atomic E-state index is 11.7. The summed E-state index contributed by atoms with van der Waals surface area (Å²) >= 11 is 2.26. The third-order valence-electron chi connectivity index (χ3n) is 2.41. The highest BCUT2D eigenvalue weighted by Gasteiger charge is 2.40. The van der Waals surface area contributed by atoms with Crippen molar-refractivity contribution in [3.8, 4) is 0 Å². The molecule has 0 saturated carbocycles. The molecule has 0 spiro atoms. The van der Waals surface area contributed by atoms with Gasteiger partial charge in [-0.1, -0.05) is 22.6 Å². The van der Waals surface area contributed by atoms with Crippen LogP contribution in [0.5, 0.6) is 0 Å². The molecule has 0 atom stereocenters. The zero-order valence-corrected chi connectivity index (χ0v) is 10.0. The Bertz CT molecular complexity index is 176. The average Bonchev–Trinajstić information content (AvgIpc) is 2.19. The minimum Gasteiger partial charge on any atom is -0.466 e. The van der Waals surface area contributed by atoms with Crippen LogP contribution < -0.4 is 0 Å². The highest BCUT2D eigenvalue weighted by molar-refractivity contribution is 14.1. The van der Waals surface area contributed by atoms with Gasteiger partial charge in [0.05, 0.1) is 12.0 Å². The normalized spacial score (nSPS) is 21.1. The Morgan fingerprint density at radius 3 is 2.62 bits per heavy atom. The molecule has 13 heavy (non-hydrogen) atoms. The van der Waals surface area contributed by atoms with Crippen molar-refractivity contribution in [1.29, 1.82) is 0 Å². The van der Waals surface area contributed by atoms with Crippen molar-refractivity contribution in [2.75, 3.05) is 24.2 Å². The molecule has 3 nitrogen and oxygen atoms in total. The smallest absolute Gasteiger partial charge is 0.313 e. The second-order valence-electron chi connectivity index (χ2n) is 3.25. The topological polar surface area (TPSA) is 35.5 Å². The highest BCUT2D eigenvalue weighted by Crippen LogP contribution is 2.33. The summed E-state index contributed by atoms with van der Waals surface area (Å²) in [5, 5.41) is 0. The molecule has 0 amide bonds. The van der Waals surface area contributed by atoms with Gasteiger partial charge in [0.15, 0.2) is 0 Å². The summed E-state index contributed by atoms with van der Waals surface area (Å²) in [6.07, 6.45) is 1.60. The average molecular weight is 298 g/mol. The Morgan fingerprint density at radius 1 is 1.54 bits per heavy atom. The van der Waals surface area contributed by atoms with E-state index >= 15 is 0 Å². The van der Waals surface area contributed by atoms with E-state index in [4.69, 9.17) is 9.47 Å². The molecule has 0 N–H and O–H groups in total. The van der Waals surface area contributed by atoms with Crippen LogP contribution in [0.25, 0.3) is 0 Å². The second-order valence-corrected chi connectivity index (χ2v) is 4.01. The molecule has 0 aromatic rings. The maximum Gasteiger partial charge on any atom is 0.313 e. The molecule has 0 aliphatic carbocycles. The molecule has 0 aromatic heterocycles. The van der Waals surface area contributed by atoms with Crippen LogP contribution >= 0.6 is 22.6 Å². The molecule has 1 aliphatic rings. The van der Waals surface area contributed by atoms with E-state index in [9.17, 15) is 4.79 Å². The molecule has 1 rings (SSSR count). The molecule has 0 radical (unpaired) electrons.